The van der Waals surface area contributed by atoms with E-state index in [9.17, 15) is 22.6 Å². The van der Waals surface area contributed by atoms with E-state index in [0.717, 1.165) is 0 Å². The smallest absolute Gasteiger partial charge is 0.748 e. The fourth-order valence-corrected chi connectivity index (χ4v) is 3.33. The molecule has 10 heteroatoms. The van der Waals surface area contributed by atoms with E-state index in [2.05, 4.69) is 9.72 Å². The van der Waals surface area contributed by atoms with Crippen LogP contribution in [0.1, 0.15) is 41.4 Å². The number of H-pyrrole nitrogens is 1. The Morgan fingerprint density at radius 3 is 2.56 bits per heavy atom. The van der Waals surface area contributed by atoms with Crippen molar-refractivity contribution in [1.29, 1.82) is 0 Å². The Balaban J connectivity index is 0.00000364. The number of carbonyl (C=O) groups is 2. The summed E-state index contributed by atoms with van der Waals surface area (Å²) in [6.45, 7) is 1.89. The van der Waals surface area contributed by atoms with Crippen molar-refractivity contribution in [2.24, 2.45) is 0 Å². The number of hydrogen-bond donors (Lipinski definition) is 1. The van der Waals surface area contributed by atoms with E-state index in [0.29, 0.717) is 34.9 Å². The van der Waals surface area contributed by atoms with E-state index in [4.69, 9.17) is 4.74 Å². The van der Waals surface area contributed by atoms with E-state index < -0.39 is 21.8 Å². The molecule has 1 aromatic heterocycles. The standard InChI is InChI=1S/C17H21NO7S.Na/c1-3-25-17(20)16-12(5-4-6-15(19)24-2)13-9-11(10-26(21,22)23)7-8-14(13)18-16;/h7-9,18H,3-6,10H2,1-2H3,(H,21,22,23);/q;+1/p-1. The summed E-state index contributed by atoms with van der Waals surface area (Å²) in [6, 6.07) is 4.70. The van der Waals surface area contributed by atoms with Crippen molar-refractivity contribution in [1.82, 2.24) is 4.98 Å². The Morgan fingerprint density at radius 2 is 1.96 bits per heavy atom. The average Bonchev–Trinajstić information content (AvgIpc) is 2.91. The van der Waals surface area contributed by atoms with Gasteiger partial charge in [-0.05, 0) is 43.0 Å². The Labute approximate surface area is 179 Å². The van der Waals surface area contributed by atoms with Crippen LogP contribution in [0.2, 0.25) is 0 Å². The topological polar surface area (TPSA) is 126 Å². The van der Waals surface area contributed by atoms with Crippen molar-refractivity contribution in [2.45, 2.75) is 31.9 Å². The number of carbonyl (C=O) groups excluding carboxylic acids is 2. The third kappa shape index (κ3) is 6.62. The first-order valence-corrected chi connectivity index (χ1v) is 9.64. The Hall–Kier alpha value is -1.39. The van der Waals surface area contributed by atoms with Gasteiger partial charge in [-0.3, -0.25) is 4.79 Å². The van der Waals surface area contributed by atoms with E-state index in [1.807, 2.05) is 0 Å². The van der Waals surface area contributed by atoms with Gasteiger partial charge < -0.3 is 19.0 Å². The molecule has 0 aliphatic rings. The largest absolute Gasteiger partial charge is 1.00 e. The molecule has 142 valence electrons. The second kappa shape index (κ2) is 10.2. The van der Waals surface area contributed by atoms with Gasteiger partial charge in [0.05, 0.1) is 29.6 Å². The average molecular weight is 405 g/mol. The molecule has 0 saturated heterocycles. The number of aromatic amines is 1. The molecular weight excluding hydrogens is 385 g/mol. The van der Waals surface area contributed by atoms with Crippen LogP contribution in [0.5, 0.6) is 0 Å². The summed E-state index contributed by atoms with van der Waals surface area (Å²) in [7, 11) is -3.12. The molecule has 2 aromatic rings. The number of benzene rings is 1. The van der Waals surface area contributed by atoms with Gasteiger partial charge in [0.2, 0.25) is 0 Å². The molecule has 0 aliphatic heterocycles. The maximum absolute atomic E-state index is 12.2. The minimum absolute atomic E-state index is 0. The van der Waals surface area contributed by atoms with E-state index >= 15 is 0 Å². The molecule has 0 amide bonds. The molecule has 8 nitrogen and oxygen atoms in total. The van der Waals surface area contributed by atoms with Gasteiger partial charge in [-0.2, -0.15) is 0 Å². The maximum atomic E-state index is 12.2. The number of aromatic nitrogens is 1. The molecule has 27 heavy (non-hydrogen) atoms. The van der Waals surface area contributed by atoms with Crippen molar-refractivity contribution in [3.05, 3.63) is 35.0 Å². The maximum Gasteiger partial charge on any atom is 1.00 e. The number of nitrogens with one attached hydrogen (secondary N) is 1. The van der Waals surface area contributed by atoms with Gasteiger partial charge in [-0.25, -0.2) is 13.2 Å². The fourth-order valence-electron chi connectivity index (χ4n) is 2.74. The van der Waals surface area contributed by atoms with Gasteiger partial charge in [0.25, 0.3) is 0 Å². The number of esters is 2. The molecule has 0 radical (unpaired) electrons. The number of methoxy groups -OCH3 is 1. The fraction of sp³-hybridized carbons (Fsp3) is 0.412. The van der Waals surface area contributed by atoms with E-state index in [1.165, 1.54) is 13.2 Å². The summed E-state index contributed by atoms with van der Waals surface area (Å²) in [5.74, 6) is -1.53. The van der Waals surface area contributed by atoms with Crippen molar-refractivity contribution in [2.75, 3.05) is 13.7 Å². The third-order valence-corrected chi connectivity index (χ3v) is 4.52. The molecule has 1 heterocycles. The second-order valence-electron chi connectivity index (χ2n) is 5.71. The zero-order chi connectivity index (χ0) is 19.3. The van der Waals surface area contributed by atoms with Crippen LogP contribution < -0.4 is 29.6 Å². The van der Waals surface area contributed by atoms with Gasteiger partial charge in [-0.1, -0.05) is 6.07 Å². The minimum Gasteiger partial charge on any atom is -0.748 e. The monoisotopic (exact) mass is 405 g/mol. The minimum atomic E-state index is -4.42. The first kappa shape index (κ1) is 23.6. The van der Waals surface area contributed by atoms with Crippen LogP contribution in [0.15, 0.2) is 18.2 Å². The zero-order valence-electron chi connectivity index (χ0n) is 15.5. The Morgan fingerprint density at radius 1 is 1.26 bits per heavy atom. The van der Waals surface area contributed by atoms with Gasteiger partial charge >= 0.3 is 41.5 Å². The molecule has 0 saturated carbocycles. The number of fused-ring (bicyclic) bond motifs is 1. The van der Waals surface area contributed by atoms with Gasteiger partial charge in [0, 0.05) is 17.3 Å². The predicted molar refractivity (Wildman–Crippen MR) is 92.6 cm³/mol. The zero-order valence-corrected chi connectivity index (χ0v) is 18.4. The Kier molecular flexibility index (Phi) is 8.97. The van der Waals surface area contributed by atoms with Crippen molar-refractivity contribution >= 4 is 33.0 Å². The normalized spacial score (nSPS) is 11.1. The molecule has 1 aromatic carbocycles. The first-order valence-electron chi connectivity index (χ1n) is 8.06. The summed E-state index contributed by atoms with van der Waals surface area (Å²) >= 11 is 0. The van der Waals surface area contributed by atoms with Crippen LogP contribution in [-0.4, -0.2) is 43.6 Å². The summed E-state index contributed by atoms with van der Waals surface area (Å²) in [4.78, 5) is 26.5. The van der Waals surface area contributed by atoms with Crippen LogP contribution in [0.4, 0.5) is 0 Å². The molecule has 0 aliphatic carbocycles. The number of ether oxygens (including phenoxy) is 2. The SMILES string of the molecule is CCOC(=O)c1[nH]c2ccc(CS(=O)(=O)[O-])cc2c1CCCC(=O)OC.[Na+]. The van der Waals surface area contributed by atoms with E-state index in [1.54, 1.807) is 19.1 Å². The molecule has 0 bridgehead atoms. The molecular formula is C17H20NNaO7S. The molecule has 0 spiro atoms. The molecule has 0 unspecified atom stereocenters. The van der Waals surface area contributed by atoms with Crippen LogP contribution in [0.25, 0.3) is 10.9 Å². The predicted octanol–water partition coefficient (Wildman–Crippen LogP) is -1.11. The van der Waals surface area contributed by atoms with Gasteiger partial charge in [0.15, 0.2) is 0 Å². The summed E-state index contributed by atoms with van der Waals surface area (Å²) in [5, 5.41) is 0.624. The number of rotatable bonds is 8. The quantitative estimate of drug-likeness (QED) is 0.335. The summed E-state index contributed by atoms with van der Waals surface area (Å²) in [5.41, 5.74) is 1.82. The van der Waals surface area contributed by atoms with E-state index in [-0.39, 0.29) is 54.2 Å². The second-order valence-corrected chi connectivity index (χ2v) is 7.11. The molecule has 0 fully saturated rings. The number of hydrogen-bond acceptors (Lipinski definition) is 7. The van der Waals surface area contributed by atoms with Gasteiger partial charge in [0.1, 0.15) is 5.69 Å². The van der Waals surface area contributed by atoms with Crippen molar-refractivity contribution in [3.8, 4) is 0 Å². The molecule has 1 N–H and O–H groups in total. The van der Waals surface area contributed by atoms with Crippen LogP contribution in [-0.2, 0) is 36.6 Å². The van der Waals surface area contributed by atoms with Crippen molar-refractivity contribution in [3.63, 3.8) is 0 Å². The molecule has 2 rings (SSSR count). The van der Waals surface area contributed by atoms with Crippen LogP contribution in [0.3, 0.4) is 0 Å². The van der Waals surface area contributed by atoms with Gasteiger partial charge in [-0.15, -0.1) is 0 Å². The van der Waals surface area contributed by atoms with Crippen LogP contribution >= 0.6 is 0 Å². The Bertz CT molecular complexity index is 921. The first-order chi connectivity index (χ1) is 12.2. The number of aryl methyl sites for hydroxylation is 1. The summed E-state index contributed by atoms with van der Waals surface area (Å²) in [6.07, 6.45) is 1.01. The van der Waals surface area contributed by atoms with Crippen LogP contribution in [0, 0.1) is 0 Å². The van der Waals surface area contributed by atoms with Crippen molar-refractivity contribution < 1.29 is 61.6 Å². The molecule has 0 atom stereocenters. The third-order valence-electron chi connectivity index (χ3n) is 3.83. The summed E-state index contributed by atoms with van der Waals surface area (Å²) < 4.78 is 42.7.